The van der Waals surface area contributed by atoms with Gasteiger partial charge >= 0.3 is 0 Å². The highest BCUT2D eigenvalue weighted by atomic mass is 32.1. The normalized spacial score (nSPS) is 10.4. The van der Waals surface area contributed by atoms with Crippen molar-refractivity contribution in [2.75, 3.05) is 5.32 Å². The summed E-state index contributed by atoms with van der Waals surface area (Å²) in [6, 6.07) is 8.47. The first kappa shape index (κ1) is 11.1. The average Bonchev–Trinajstić information content (AvgIpc) is 2.73. The maximum Gasteiger partial charge on any atom is 0.205 e. The lowest BCUT2D eigenvalue weighted by atomic mass is 10.1. The van der Waals surface area contributed by atoms with Crippen molar-refractivity contribution in [2.45, 2.75) is 26.8 Å². The zero-order valence-corrected chi connectivity index (χ0v) is 10.3. The molecule has 0 atom stereocenters. The number of nitrogens with one attached hydrogen (secondary N) is 1. The van der Waals surface area contributed by atoms with Crippen molar-refractivity contribution in [3.8, 4) is 0 Å². The summed E-state index contributed by atoms with van der Waals surface area (Å²) < 4.78 is 0. The van der Waals surface area contributed by atoms with E-state index in [1.807, 2.05) is 6.92 Å². The third kappa shape index (κ3) is 2.58. The van der Waals surface area contributed by atoms with E-state index in [9.17, 15) is 0 Å². The molecule has 1 heterocycles. The summed E-state index contributed by atoms with van der Waals surface area (Å²) in [6.07, 6.45) is 1.06. The molecule has 0 amide bonds. The van der Waals surface area contributed by atoms with E-state index in [2.05, 4.69) is 46.7 Å². The van der Waals surface area contributed by atoms with Gasteiger partial charge in [-0.1, -0.05) is 42.5 Å². The highest BCUT2D eigenvalue weighted by molar-refractivity contribution is 7.15. The van der Waals surface area contributed by atoms with E-state index in [-0.39, 0.29) is 0 Å². The van der Waals surface area contributed by atoms with Gasteiger partial charge in [-0.25, -0.2) is 0 Å². The van der Waals surface area contributed by atoms with Crippen LogP contribution in [0.2, 0.25) is 0 Å². The Balaban J connectivity index is 2.04. The first-order valence-corrected chi connectivity index (χ1v) is 6.22. The van der Waals surface area contributed by atoms with E-state index in [1.165, 1.54) is 11.1 Å². The molecule has 0 fully saturated rings. The Morgan fingerprint density at radius 2 is 1.94 bits per heavy atom. The van der Waals surface area contributed by atoms with Crippen molar-refractivity contribution in [2.24, 2.45) is 0 Å². The number of aromatic nitrogens is 2. The molecule has 0 bridgehead atoms. The summed E-state index contributed by atoms with van der Waals surface area (Å²) in [5.41, 5.74) is 2.72. The Morgan fingerprint density at radius 1 is 1.19 bits per heavy atom. The number of aryl methyl sites for hydroxylation is 2. The van der Waals surface area contributed by atoms with Gasteiger partial charge in [0.15, 0.2) is 0 Å². The summed E-state index contributed by atoms with van der Waals surface area (Å²) in [5, 5.41) is 13.2. The fourth-order valence-electron chi connectivity index (χ4n) is 1.61. The maximum absolute atomic E-state index is 4.04. The third-order valence-electron chi connectivity index (χ3n) is 2.46. The standard InChI is InChI=1S/C12H15N3S/c1-3-10-6-4-5-7-11(10)8-13-12-15-14-9(2)16-12/h4-7H,3,8H2,1-2H3,(H,13,15). The number of benzene rings is 1. The number of rotatable bonds is 4. The van der Waals surface area contributed by atoms with Gasteiger partial charge in [0, 0.05) is 6.54 Å². The van der Waals surface area contributed by atoms with E-state index < -0.39 is 0 Å². The molecule has 16 heavy (non-hydrogen) atoms. The molecule has 2 aromatic rings. The van der Waals surface area contributed by atoms with Crippen molar-refractivity contribution in [3.05, 3.63) is 40.4 Å². The smallest absolute Gasteiger partial charge is 0.205 e. The molecule has 0 aliphatic carbocycles. The Morgan fingerprint density at radius 3 is 2.56 bits per heavy atom. The molecular weight excluding hydrogens is 218 g/mol. The maximum atomic E-state index is 4.04. The highest BCUT2D eigenvalue weighted by Gasteiger charge is 2.02. The summed E-state index contributed by atoms with van der Waals surface area (Å²) in [4.78, 5) is 0. The van der Waals surface area contributed by atoms with Gasteiger partial charge in [0.25, 0.3) is 0 Å². The molecule has 1 aromatic heterocycles. The quantitative estimate of drug-likeness (QED) is 0.882. The first-order valence-electron chi connectivity index (χ1n) is 5.40. The number of hydrogen-bond donors (Lipinski definition) is 1. The Hall–Kier alpha value is -1.42. The zero-order chi connectivity index (χ0) is 11.4. The first-order chi connectivity index (χ1) is 7.79. The van der Waals surface area contributed by atoms with E-state index in [0.717, 1.165) is 23.1 Å². The largest absolute Gasteiger partial charge is 0.356 e. The van der Waals surface area contributed by atoms with E-state index in [1.54, 1.807) is 11.3 Å². The minimum absolute atomic E-state index is 0.818. The van der Waals surface area contributed by atoms with Crippen LogP contribution >= 0.6 is 11.3 Å². The molecule has 0 spiro atoms. The highest BCUT2D eigenvalue weighted by Crippen LogP contribution is 2.16. The molecule has 4 heteroatoms. The average molecular weight is 233 g/mol. The molecule has 1 aromatic carbocycles. The van der Waals surface area contributed by atoms with Crippen LogP contribution in [0.1, 0.15) is 23.1 Å². The fraction of sp³-hybridized carbons (Fsp3) is 0.333. The molecule has 0 aliphatic heterocycles. The van der Waals surface area contributed by atoms with Gasteiger partial charge in [0.1, 0.15) is 5.01 Å². The molecule has 0 saturated carbocycles. The van der Waals surface area contributed by atoms with E-state index in [0.29, 0.717) is 0 Å². The molecule has 0 aliphatic rings. The topological polar surface area (TPSA) is 37.8 Å². The van der Waals surface area contributed by atoms with Crippen LogP contribution < -0.4 is 5.32 Å². The molecule has 0 unspecified atom stereocenters. The van der Waals surface area contributed by atoms with Crippen LogP contribution in [-0.2, 0) is 13.0 Å². The van der Waals surface area contributed by atoms with Gasteiger partial charge in [0.2, 0.25) is 5.13 Å². The van der Waals surface area contributed by atoms with Gasteiger partial charge < -0.3 is 5.32 Å². The predicted octanol–water partition coefficient (Wildman–Crippen LogP) is 3.02. The number of anilines is 1. The van der Waals surface area contributed by atoms with Crippen LogP contribution in [0.3, 0.4) is 0 Å². The summed E-state index contributed by atoms with van der Waals surface area (Å²) >= 11 is 1.59. The Bertz CT molecular complexity index is 465. The Kier molecular flexibility index (Phi) is 3.51. The van der Waals surface area contributed by atoms with Gasteiger partial charge in [-0.15, -0.1) is 10.2 Å². The molecular formula is C12H15N3S. The van der Waals surface area contributed by atoms with Crippen molar-refractivity contribution >= 4 is 16.5 Å². The SMILES string of the molecule is CCc1ccccc1CNc1nnc(C)s1. The van der Waals surface area contributed by atoms with Crippen molar-refractivity contribution in [1.29, 1.82) is 0 Å². The summed E-state index contributed by atoms with van der Waals surface area (Å²) in [5.74, 6) is 0. The number of hydrogen-bond acceptors (Lipinski definition) is 4. The predicted molar refractivity (Wildman–Crippen MR) is 67.8 cm³/mol. The van der Waals surface area contributed by atoms with Gasteiger partial charge in [-0.05, 0) is 24.5 Å². The number of nitrogens with zero attached hydrogens (tertiary/aromatic N) is 2. The van der Waals surface area contributed by atoms with Crippen LogP contribution in [0.5, 0.6) is 0 Å². The van der Waals surface area contributed by atoms with Crippen molar-refractivity contribution in [1.82, 2.24) is 10.2 Å². The van der Waals surface area contributed by atoms with Crippen LogP contribution in [0.4, 0.5) is 5.13 Å². The van der Waals surface area contributed by atoms with Crippen molar-refractivity contribution < 1.29 is 0 Å². The summed E-state index contributed by atoms with van der Waals surface area (Å²) in [7, 11) is 0. The molecule has 84 valence electrons. The molecule has 2 rings (SSSR count). The Labute approximate surface area is 99.5 Å². The molecule has 0 saturated heterocycles. The van der Waals surface area contributed by atoms with Gasteiger partial charge in [-0.2, -0.15) is 0 Å². The fourth-order valence-corrected chi connectivity index (χ4v) is 2.20. The third-order valence-corrected chi connectivity index (χ3v) is 3.25. The summed E-state index contributed by atoms with van der Waals surface area (Å²) in [6.45, 7) is 4.95. The molecule has 3 nitrogen and oxygen atoms in total. The van der Waals surface area contributed by atoms with Crippen LogP contribution in [0.25, 0.3) is 0 Å². The molecule has 0 radical (unpaired) electrons. The minimum atomic E-state index is 0.818. The zero-order valence-electron chi connectivity index (χ0n) is 9.53. The van der Waals surface area contributed by atoms with Crippen LogP contribution in [0, 0.1) is 6.92 Å². The second-order valence-electron chi connectivity index (χ2n) is 3.60. The second kappa shape index (κ2) is 5.07. The van der Waals surface area contributed by atoms with Crippen LogP contribution in [-0.4, -0.2) is 10.2 Å². The lowest BCUT2D eigenvalue weighted by Crippen LogP contribution is -2.02. The lowest BCUT2D eigenvalue weighted by Gasteiger charge is -2.07. The van der Waals surface area contributed by atoms with E-state index in [4.69, 9.17) is 0 Å². The lowest BCUT2D eigenvalue weighted by molar-refractivity contribution is 1.01. The van der Waals surface area contributed by atoms with Gasteiger partial charge in [-0.3, -0.25) is 0 Å². The van der Waals surface area contributed by atoms with Gasteiger partial charge in [0.05, 0.1) is 0 Å². The van der Waals surface area contributed by atoms with E-state index >= 15 is 0 Å². The molecule has 1 N–H and O–H groups in total. The van der Waals surface area contributed by atoms with Crippen LogP contribution in [0.15, 0.2) is 24.3 Å². The van der Waals surface area contributed by atoms with Crippen molar-refractivity contribution in [3.63, 3.8) is 0 Å². The monoisotopic (exact) mass is 233 g/mol. The minimum Gasteiger partial charge on any atom is -0.356 e. The second-order valence-corrected chi connectivity index (χ2v) is 4.78.